The van der Waals surface area contributed by atoms with Crippen LogP contribution < -0.4 is 0 Å². The first kappa shape index (κ1) is 23.4. The molecule has 0 amide bonds. The van der Waals surface area contributed by atoms with Gasteiger partial charge < -0.3 is 10.2 Å². The molecule has 4 aliphatic carbocycles. The van der Waals surface area contributed by atoms with E-state index in [4.69, 9.17) is 0 Å². The van der Waals surface area contributed by atoms with E-state index in [1.54, 1.807) is 16.7 Å². The van der Waals surface area contributed by atoms with Gasteiger partial charge in [0, 0.05) is 0 Å². The van der Waals surface area contributed by atoms with Crippen LogP contribution in [-0.2, 0) is 0 Å². The Kier molecular flexibility index (Phi) is 5.73. The SMILES string of the molecule is C[C@H](C[C@H](O)c1ccccc1)[C@H]1CC=C2C3=C(CC[C@@]21C)[C@@]1(C)CC[C@H](O)C(C)(C)[C@@H]1CC3. The van der Waals surface area contributed by atoms with Crippen molar-refractivity contribution in [2.75, 3.05) is 0 Å². The Morgan fingerprint density at radius 3 is 2.42 bits per heavy atom. The van der Waals surface area contributed by atoms with Crippen LogP contribution in [0.25, 0.3) is 0 Å². The lowest BCUT2D eigenvalue weighted by Gasteiger charge is -2.59. The Bertz CT molecular complexity index is 956. The normalized spacial score (nSPS) is 39.2. The van der Waals surface area contributed by atoms with Crippen molar-refractivity contribution in [3.8, 4) is 0 Å². The first-order chi connectivity index (χ1) is 15.6. The molecule has 33 heavy (non-hydrogen) atoms. The van der Waals surface area contributed by atoms with Crippen LogP contribution in [0.15, 0.2) is 53.1 Å². The third-order valence-electron chi connectivity index (χ3n) is 10.9. The molecule has 2 N–H and O–H groups in total. The molecular formula is C31H44O2. The monoisotopic (exact) mass is 448 g/mol. The quantitative estimate of drug-likeness (QED) is 0.504. The Morgan fingerprint density at radius 1 is 0.970 bits per heavy atom. The summed E-state index contributed by atoms with van der Waals surface area (Å²) in [6.07, 6.45) is 10.9. The van der Waals surface area contributed by atoms with Gasteiger partial charge in [0.05, 0.1) is 12.2 Å². The van der Waals surface area contributed by atoms with E-state index in [0.29, 0.717) is 17.8 Å². The smallest absolute Gasteiger partial charge is 0.0792 e. The van der Waals surface area contributed by atoms with Gasteiger partial charge >= 0.3 is 0 Å². The maximum atomic E-state index is 10.9. The average molecular weight is 449 g/mol. The van der Waals surface area contributed by atoms with Gasteiger partial charge in [0.1, 0.15) is 0 Å². The Hall–Kier alpha value is -1.38. The Morgan fingerprint density at radius 2 is 1.70 bits per heavy atom. The van der Waals surface area contributed by atoms with Crippen LogP contribution in [0.4, 0.5) is 0 Å². The molecule has 1 fully saturated rings. The summed E-state index contributed by atoms with van der Waals surface area (Å²) >= 11 is 0. The van der Waals surface area contributed by atoms with E-state index in [0.717, 1.165) is 31.2 Å². The summed E-state index contributed by atoms with van der Waals surface area (Å²) in [5.74, 6) is 1.67. The van der Waals surface area contributed by atoms with Crippen molar-refractivity contribution in [1.29, 1.82) is 0 Å². The second-order valence-electron chi connectivity index (χ2n) is 12.9. The molecule has 0 aromatic heterocycles. The number of hydrogen-bond donors (Lipinski definition) is 2. The van der Waals surface area contributed by atoms with Crippen LogP contribution >= 0.6 is 0 Å². The van der Waals surface area contributed by atoms with Crippen molar-refractivity contribution in [3.05, 3.63) is 58.7 Å². The van der Waals surface area contributed by atoms with Crippen LogP contribution in [0.2, 0.25) is 0 Å². The topological polar surface area (TPSA) is 40.5 Å². The number of hydrogen-bond acceptors (Lipinski definition) is 2. The van der Waals surface area contributed by atoms with E-state index >= 15 is 0 Å². The zero-order valence-corrected chi connectivity index (χ0v) is 21.4. The van der Waals surface area contributed by atoms with Crippen LogP contribution in [0.5, 0.6) is 0 Å². The Balaban J connectivity index is 1.39. The highest BCUT2D eigenvalue weighted by Gasteiger charge is 2.57. The van der Waals surface area contributed by atoms with Crippen LogP contribution in [-0.4, -0.2) is 16.3 Å². The number of rotatable bonds is 4. The molecule has 2 heteroatoms. The third-order valence-corrected chi connectivity index (χ3v) is 10.9. The molecule has 0 radical (unpaired) electrons. The summed E-state index contributed by atoms with van der Waals surface area (Å²) in [6.45, 7) is 12.0. The van der Waals surface area contributed by atoms with Gasteiger partial charge in [-0.2, -0.15) is 0 Å². The van der Waals surface area contributed by atoms with Gasteiger partial charge in [0.2, 0.25) is 0 Å². The first-order valence-electron chi connectivity index (χ1n) is 13.4. The second-order valence-corrected chi connectivity index (χ2v) is 12.9. The van der Waals surface area contributed by atoms with Gasteiger partial charge in [-0.05, 0) is 102 Å². The van der Waals surface area contributed by atoms with Gasteiger partial charge in [-0.25, -0.2) is 0 Å². The summed E-state index contributed by atoms with van der Waals surface area (Å²) in [5.41, 5.74) is 6.60. The summed E-state index contributed by atoms with van der Waals surface area (Å²) < 4.78 is 0. The molecule has 180 valence electrons. The average Bonchev–Trinajstić information content (AvgIpc) is 3.14. The minimum atomic E-state index is -0.377. The molecule has 1 aromatic carbocycles. The summed E-state index contributed by atoms with van der Waals surface area (Å²) in [7, 11) is 0. The standard InChI is InChI=1S/C31H44O2/c1-20(19-26(32)21-9-7-6-8-10-21)23-12-13-24-22-11-14-27-29(2,3)28(33)16-18-31(27,5)25(22)15-17-30(23,24)4/h6-10,13,20,23,26-28,32-33H,11-12,14-19H2,1-5H3/t20-,23-,26+,27+,28+,30-,31-/m1/s1. The van der Waals surface area contributed by atoms with Crippen molar-refractivity contribution in [2.45, 2.75) is 98.2 Å². The highest BCUT2D eigenvalue weighted by molar-refractivity contribution is 5.49. The molecule has 0 heterocycles. The molecule has 7 atom stereocenters. The molecule has 0 bridgehead atoms. The van der Waals surface area contributed by atoms with Crippen molar-refractivity contribution in [3.63, 3.8) is 0 Å². The van der Waals surface area contributed by atoms with Crippen molar-refractivity contribution >= 4 is 0 Å². The van der Waals surface area contributed by atoms with Gasteiger partial charge in [-0.3, -0.25) is 0 Å². The van der Waals surface area contributed by atoms with E-state index in [1.807, 2.05) is 18.2 Å². The molecule has 0 unspecified atom stereocenters. The first-order valence-corrected chi connectivity index (χ1v) is 13.4. The molecule has 5 rings (SSSR count). The number of aliphatic hydroxyl groups excluding tert-OH is 2. The van der Waals surface area contributed by atoms with E-state index in [9.17, 15) is 10.2 Å². The maximum absolute atomic E-state index is 10.9. The van der Waals surface area contributed by atoms with E-state index < -0.39 is 0 Å². The number of benzene rings is 1. The predicted octanol–water partition coefficient (Wildman–Crippen LogP) is 7.39. The second kappa shape index (κ2) is 8.09. The largest absolute Gasteiger partial charge is 0.393 e. The number of aliphatic hydroxyl groups is 2. The highest BCUT2D eigenvalue weighted by Crippen LogP contribution is 2.66. The fourth-order valence-corrected chi connectivity index (χ4v) is 8.90. The van der Waals surface area contributed by atoms with Crippen molar-refractivity contribution in [2.24, 2.45) is 34.0 Å². The van der Waals surface area contributed by atoms with Crippen molar-refractivity contribution in [1.82, 2.24) is 0 Å². The van der Waals surface area contributed by atoms with Gasteiger partial charge in [0.25, 0.3) is 0 Å². The lowest BCUT2D eigenvalue weighted by molar-refractivity contribution is -0.0905. The zero-order chi connectivity index (χ0) is 23.6. The fourth-order valence-electron chi connectivity index (χ4n) is 8.90. The minimum Gasteiger partial charge on any atom is -0.393 e. The molecule has 0 aliphatic heterocycles. The minimum absolute atomic E-state index is 0.000956. The van der Waals surface area contributed by atoms with Gasteiger partial charge in [-0.15, -0.1) is 0 Å². The molecule has 2 nitrogen and oxygen atoms in total. The number of fused-ring (bicyclic) bond motifs is 4. The number of allylic oxidation sites excluding steroid dienone is 4. The molecule has 4 aliphatic rings. The summed E-state index contributed by atoms with van der Waals surface area (Å²) in [4.78, 5) is 0. The van der Waals surface area contributed by atoms with E-state index in [2.05, 4.69) is 52.8 Å². The third kappa shape index (κ3) is 3.50. The lowest BCUT2D eigenvalue weighted by Crippen LogP contribution is -2.53. The summed E-state index contributed by atoms with van der Waals surface area (Å²) in [6, 6.07) is 10.2. The Labute approximate surface area is 201 Å². The molecular weight excluding hydrogens is 404 g/mol. The van der Waals surface area contributed by atoms with Crippen LogP contribution in [0, 0.1) is 34.0 Å². The van der Waals surface area contributed by atoms with Crippen LogP contribution in [0.3, 0.4) is 0 Å². The summed E-state index contributed by atoms with van der Waals surface area (Å²) in [5, 5.41) is 21.7. The molecule has 1 aromatic rings. The fraction of sp³-hybridized carbons (Fsp3) is 0.677. The highest BCUT2D eigenvalue weighted by atomic mass is 16.3. The van der Waals surface area contributed by atoms with Gasteiger partial charge in [0.15, 0.2) is 0 Å². The van der Waals surface area contributed by atoms with Crippen molar-refractivity contribution < 1.29 is 10.2 Å². The molecule has 0 spiro atoms. The molecule has 1 saturated carbocycles. The predicted molar refractivity (Wildman–Crippen MR) is 136 cm³/mol. The maximum Gasteiger partial charge on any atom is 0.0792 e. The van der Waals surface area contributed by atoms with E-state index in [1.165, 1.54) is 25.7 Å². The van der Waals surface area contributed by atoms with Gasteiger partial charge in [-0.1, -0.05) is 76.6 Å². The van der Waals surface area contributed by atoms with E-state index in [-0.39, 0.29) is 28.5 Å². The van der Waals surface area contributed by atoms with Crippen LogP contribution in [0.1, 0.15) is 97.7 Å². The lowest BCUT2D eigenvalue weighted by atomic mass is 9.46. The molecule has 0 saturated heterocycles. The zero-order valence-electron chi connectivity index (χ0n) is 21.4.